The predicted octanol–water partition coefficient (Wildman–Crippen LogP) is -0.249. The van der Waals surface area contributed by atoms with E-state index >= 15 is 0 Å². The van der Waals surface area contributed by atoms with Gasteiger partial charge in [0.2, 0.25) is 0 Å². The third-order valence-electron chi connectivity index (χ3n) is 1.61. The average Bonchev–Trinajstić information content (AvgIpc) is 2.51. The summed E-state index contributed by atoms with van der Waals surface area (Å²) in [7, 11) is 0. The SMILES string of the molecule is O=C(O)Cc1nccn2cnnc12. The zero-order valence-electron chi connectivity index (χ0n) is 6.58. The average molecular weight is 178 g/mol. The molecule has 0 saturated carbocycles. The van der Waals surface area contributed by atoms with Gasteiger partial charge in [0.25, 0.3) is 0 Å². The number of carbonyl (C=O) groups is 1. The second kappa shape index (κ2) is 2.81. The van der Waals surface area contributed by atoms with E-state index in [1.165, 1.54) is 12.5 Å². The lowest BCUT2D eigenvalue weighted by Crippen LogP contribution is -2.04. The molecule has 0 aliphatic rings. The Kier molecular flexibility index (Phi) is 1.66. The van der Waals surface area contributed by atoms with Crippen molar-refractivity contribution in [1.29, 1.82) is 0 Å². The van der Waals surface area contributed by atoms with E-state index in [-0.39, 0.29) is 6.42 Å². The first-order valence-corrected chi connectivity index (χ1v) is 3.62. The van der Waals surface area contributed by atoms with Gasteiger partial charge in [-0.25, -0.2) is 0 Å². The van der Waals surface area contributed by atoms with Gasteiger partial charge in [0.05, 0.1) is 12.1 Å². The predicted molar refractivity (Wildman–Crippen MR) is 42.1 cm³/mol. The lowest BCUT2D eigenvalue weighted by atomic mass is 10.3. The lowest BCUT2D eigenvalue weighted by Gasteiger charge is -1.96. The fourth-order valence-corrected chi connectivity index (χ4v) is 1.08. The summed E-state index contributed by atoms with van der Waals surface area (Å²) in [6.45, 7) is 0. The third kappa shape index (κ3) is 1.33. The molecule has 0 radical (unpaired) electrons. The van der Waals surface area contributed by atoms with Gasteiger partial charge < -0.3 is 5.11 Å². The highest BCUT2D eigenvalue weighted by molar-refractivity contribution is 5.71. The van der Waals surface area contributed by atoms with Crippen molar-refractivity contribution in [1.82, 2.24) is 19.6 Å². The van der Waals surface area contributed by atoms with Crippen LogP contribution < -0.4 is 0 Å². The molecule has 2 rings (SSSR count). The van der Waals surface area contributed by atoms with Gasteiger partial charge in [-0.2, -0.15) is 0 Å². The largest absolute Gasteiger partial charge is 0.481 e. The Bertz CT molecular complexity index is 450. The molecule has 1 N–H and O–H groups in total. The lowest BCUT2D eigenvalue weighted by molar-refractivity contribution is -0.136. The first-order chi connectivity index (χ1) is 6.27. The number of carboxylic acid groups (broad SMARTS) is 1. The van der Waals surface area contributed by atoms with Gasteiger partial charge in [-0.1, -0.05) is 0 Å². The van der Waals surface area contributed by atoms with Crippen LogP contribution in [0.5, 0.6) is 0 Å². The van der Waals surface area contributed by atoms with Gasteiger partial charge in [0.1, 0.15) is 6.33 Å². The molecule has 0 fully saturated rings. The Balaban J connectivity index is 2.54. The Morgan fingerprint density at radius 1 is 1.62 bits per heavy atom. The molecule has 0 amide bonds. The Morgan fingerprint density at radius 2 is 2.46 bits per heavy atom. The van der Waals surface area contributed by atoms with Crippen LogP contribution in [0.25, 0.3) is 5.65 Å². The summed E-state index contributed by atoms with van der Waals surface area (Å²) in [5.74, 6) is -0.927. The van der Waals surface area contributed by atoms with Crippen molar-refractivity contribution in [2.45, 2.75) is 6.42 Å². The van der Waals surface area contributed by atoms with Gasteiger partial charge in [0, 0.05) is 12.4 Å². The monoisotopic (exact) mass is 178 g/mol. The molecule has 0 spiro atoms. The highest BCUT2D eigenvalue weighted by Gasteiger charge is 2.08. The normalized spacial score (nSPS) is 10.5. The first-order valence-electron chi connectivity index (χ1n) is 3.62. The van der Waals surface area contributed by atoms with E-state index in [4.69, 9.17) is 5.11 Å². The van der Waals surface area contributed by atoms with E-state index < -0.39 is 5.97 Å². The molecule has 2 aromatic heterocycles. The standard InChI is InChI=1S/C7H6N4O2/c12-6(13)3-5-7-10-9-4-11(7)2-1-8-5/h1-2,4H,3H2,(H,12,13). The second-order valence-corrected chi connectivity index (χ2v) is 2.51. The number of rotatable bonds is 2. The third-order valence-corrected chi connectivity index (χ3v) is 1.61. The fraction of sp³-hybridized carbons (Fsp3) is 0.143. The van der Waals surface area contributed by atoms with Gasteiger partial charge in [0.15, 0.2) is 5.65 Å². The van der Waals surface area contributed by atoms with E-state index in [0.29, 0.717) is 11.3 Å². The van der Waals surface area contributed by atoms with Crippen LogP contribution >= 0.6 is 0 Å². The maximum absolute atomic E-state index is 10.4. The van der Waals surface area contributed by atoms with Gasteiger partial charge >= 0.3 is 5.97 Å². The summed E-state index contributed by atoms with van der Waals surface area (Å²) in [5.41, 5.74) is 0.914. The maximum atomic E-state index is 10.4. The molecule has 6 nitrogen and oxygen atoms in total. The topological polar surface area (TPSA) is 80.4 Å². The minimum atomic E-state index is -0.927. The molecule has 0 atom stereocenters. The molecule has 2 heterocycles. The van der Waals surface area contributed by atoms with Crippen molar-refractivity contribution in [2.24, 2.45) is 0 Å². The van der Waals surface area contributed by atoms with Gasteiger partial charge in [-0.05, 0) is 0 Å². The summed E-state index contributed by atoms with van der Waals surface area (Å²) >= 11 is 0. The van der Waals surface area contributed by atoms with Crippen molar-refractivity contribution >= 4 is 11.6 Å². The smallest absolute Gasteiger partial charge is 0.309 e. The number of carboxylic acids is 1. The summed E-state index contributed by atoms with van der Waals surface area (Å²) < 4.78 is 1.63. The van der Waals surface area contributed by atoms with E-state index in [0.717, 1.165) is 0 Å². The van der Waals surface area contributed by atoms with Gasteiger partial charge in [-0.3, -0.25) is 14.2 Å². The highest BCUT2D eigenvalue weighted by Crippen LogP contribution is 2.03. The molecule has 66 valence electrons. The number of hydrogen-bond acceptors (Lipinski definition) is 4. The second-order valence-electron chi connectivity index (χ2n) is 2.51. The number of hydrogen-bond donors (Lipinski definition) is 1. The molecule has 0 unspecified atom stereocenters. The molecule has 2 aromatic rings. The first kappa shape index (κ1) is 7.66. The van der Waals surface area contributed by atoms with Crippen molar-refractivity contribution in [3.63, 3.8) is 0 Å². The van der Waals surface area contributed by atoms with E-state index in [9.17, 15) is 4.79 Å². The number of aliphatic carboxylic acids is 1. The van der Waals surface area contributed by atoms with Gasteiger partial charge in [-0.15, -0.1) is 10.2 Å². The fourth-order valence-electron chi connectivity index (χ4n) is 1.08. The van der Waals surface area contributed by atoms with E-state index in [1.807, 2.05) is 0 Å². The summed E-state index contributed by atoms with van der Waals surface area (Å²) in [4.78, 5) is 14.4. The Hall–Kier alpha value is -1.98. The minimum Gasteiger partial charge on any atom is -0.481 e. The molecule has 0 saturated heterocycles. The van der Waals surface area contributed by atoms with Crippen LogP contribution in [0.15, 0.2) is 18.7 Å². The van der Waals surface area contributed by atoms with Crippen LogP contribution in [0.3, 0.4) is 0 Å². The molecule has 13 heavy (non-hydrogen) atoms. The summed E-state index contributed by atoms with van der Waals surface area (Å²) in [6.07, 6.45) is 4.56. The van der Waals surface area contributed by atoms with Crippen molar-refractivity contribution < 1.29 is 9.90 Å². The molecular weight excluding hydrogens is 172 g/mol. The number of aromatic nitrogens is 4. The van der Waals surface area contributed by atoms with Crippen LogP contribution in [-0.2, 0) is 11.2 Å². The molecule has 0 aromatic carbocycles. The van der Waals surface area contributed by atoms with Crippen LogP contribution in [0.4, 0.5) is 0 Å². The zero-order valence-corrected chi connectivity index (χ0v) is 6.58. The van der Waals surface area contributed by atoms with Crippen LogP contribution in [0, 0.1) is 0 Å². The van der Waals surface area contributed by atoms with Crippen molar-refractivity contribution in [3.8, 4) is 0 Å². The number of nitrogens with zero attached hydrogens (tertiary/aromatic N) is 4. The van der Waals surface area contributed by atoms with Crippen LogP contribution in [-0.4, -0.2) is 30.7 Å². The summed E-state index contributed by atoms with van der Waals surface area (Å²) in [6, 6.07) is 0. The maximum Gasteiger partial charge on any atom is 0.309 e. The minimum absolute atomic E-state index is 0.136. The summed E-state index contributed by atoms with van der Waals surface area (Å²) in [5, 5.41) is 16.0. The Morgan fingerprint density at radius 3 is 3.23 bits per heavy atom. The van der Waals surface area contributed by atoms with Crippen molar-refractivity contribution in [2.75, 3.05) is 0 Å². The quantitative estimate of drug-likeness (QED) is 0.685. The van der Waals surface area contributed by atoms with Crippen molar-refractivity contribution in [3.05, 3.63) is 24.4 Å². The highest BCUT2D eigenvalue weighted by atomic mass is 16.4. The Labute approximate surface area is 72.9 Å². The van der Waals surface area contributed by atoms with E-state index in [2.05, 4.69) is 15.2 Å². The molecule has 6 heteroatoms. The van der Waals surface area contributed by atoms with Crippen LogP contribution in [0.2, 0.25) is 0 Å². The van der Waals surface area contributed by atoms with Crippen LogP contribution in [0.1, 0.15) is 5.69 Å². The molecule has 0 aliphatic carbocycles. The molecule has 0 bridgehead atoms. The van der Waals surface area contributed by atoms with E-state index in [1.54, 1.807) is 10.6 Å². The number of fused-ring (bicyclic) bond motifs is 1. The zero-order chi connectivity index (χ0) is 9.26. The molecular formula is C7H6N4O2. The molecule has 0 aliphatic heterocycles.